The van der Waals surface area contributed by atoms with E-state index < -0.39 is 0 Å². The van der Waals surface area contributed by atoms with E-state index in [1.807, 2.05) is 13.8 Å². The summed E-state index contributed by atoms with van der Waals surface area (Å²) in [5.74, 6) is 1.35. The molecule has 0 aromatic heterocycles. The highest BCUT2D eigenvalue weighted by Crippen LogP contribution is 2.23. The lowest BCUT2D eigenvalue weighted by Crippen LogP contribution is -2.52. The maximum atomic E-state index is 12.1. The Morgan fingerprint density at radius 1 is 1.50 bits per heavy atom. The van der Waals surface area contributed by atoms with E-state index in [2.05, 4.69) is 24.1 Å². The van der Waals surface area contributed by atoms with Gasteiger partial charge in [-0.2, -0.15) is 0 Å². The third kappa shape index (κ3) is 3.95. The van der Waals surface area contributed by atoms with Gasteiger partial charge in [-0.15, -0.1) is 0 Å². The molecule has 1 amide bonds. The van der Waals surface area contributed by atoms with Gasteiger partial charge in [0.15, 0.2) is 0 Å². The van der Waals surface area contributed by atoms with Gasteiger partial charge in [0.2, 0.25) is 5.91 Å². The summed E-state index contributed by atoms with van der Waals surface area (Å²) in [6.45, 7) is 11.1. The molecule has 1 fully saturated rings. The molecular formula is C14H29N3O. The van der Waals surface area contributed by atoms with E-state index in [0.717, 1.165) is 32.5 Å². The first kappa shape index (κ1) is 15.4. The Hall–Kier alpha value is -0.610. The highest BCUT2D eigenvalue weighted by Gasteiger charge is 2.30. The van der Waals surface area contributed by atoms with Crippen LogP contribution in [-0.2, 0) is 4.79 Å². The molecule has 0 spiro atoms. The molecule has 1 heterocycles. The van der Waals surface area contributed by atoms with Gasteiger partial charge in [-0.05, 0) is 51.6 Å². The SMILES string of the molecule is CCC(C)NC(=O)C(C)N1CCC(C)C(CN)C1. The molecular weight excluding hydrogens is 226 g/mol. The quantitative estimate of drug-likeness (QED) is 0.776. The van der Waals surface area contributed by atoms with Crippen LogP contribution in [0.25, 0.3) is 0 Å². The number of rotatable bonds is 5. The van der Waals surface area contributed by atoms with E-state index >= 15 is 0 Å². The summed E-state index contributed by atoms with van der Waals surface area (Å²) < 4.78 is 0. The topological polar surface area (TPSA) is 58.4 Å². The Kier molecular flexibility index (Phi) is 6.09. The average Bonchev–Trinajstić information content (AvgIpc) is 2.38. The van der Waals surface area contributed by atoms with Crippen LogP contribution in [0.4, 0.5) is 0 Å². The molecule has 0 aromatic rings. The highest BCUT2D eigenvalue weighted by atomic mass is 16.2. The zero-order valence-electron chi connectivity index (χ0n) is 12.3. The molecule has 4 nitrogen and oxygen atoms in total. The number of piperidine rings is 1. The number of nitrogens with zero attached hydrogens (tertiary/aromatic N) is 1. The molecule has 0 bridgehead atoms. The molecule has 0 aromatic carbocycles. The van der Waals surface area contributed by atoms with Crippen LogP contribution < -0.4 is 11.1 Å². The number of nitrogens with two attached hydrogens (primary N) is 1. The zero-order valence-corrected chi connectivity index (χ0v) is 12.3. The molecule has 4 heteroatoms. The van der Waals surface area contributed by atoms with Gasteiger partial charge in [0.1, 0.15) is 0 Å². The molecule has 1 rings (SSSR count). The normalized spacial score (nSPS) is 28.7. The van der Waals surface area contributed by atoms with Crippen molar-refractivity contribution in [2.75, 3.05) is 19.6 Å². The van der Waals surface area contributed by atoms with Crippen molar-refractivity contribution in [2.45, 2.75) is 52.6 Å². The molecule has 1 saturated heterocycles. The molecule has 18 heavy (non-hydrogen) atoms. The first-order valence-electron chi connectivity index (χ1n) is 7.24. The largest absolute Gasteiger partial charge is 0.352 e. The number of nitrogens with one attached hydrogen (secondary N) is 1. The summed E-state index contributed by atoms with van der Waals surface area (Å²) in [6.07, 6.45) is 2.11. The van der Waals surface area contributed by atoms with E-state index in [1.54, 1.807) is 0 Å². The lowest BCUT2D eigenvalue weighted by atomic mass is 9.86. The second kappa shape index (κ2) is 7.10. The first-order chi connectivity index (χ1) is 8.49. The summed E-state index contributed by atoms with van der Waals surface area (Å²) in [5.41, 5.74) is 5.81. The summed E-state index contributed by atoms with van der Waals surface area (Å²) in [5, 5.41) is 3.06. The van der Waals surface area contributed by atoms with Crippen molar-refractivity contribution in [1.82, 2.24) is 10.2 Å². The third-order valence-corrected chi connectivity index (χ3v) is 4.38. The Morgan fingerprint density at radius 2 is 2.17 bits per heavy atom. The molecule has 1 aliphatic rings. The smallest absolute Gasteiger partial charge is 0.237 e. The van der Waals surface area contributed by atoms with Crippen molar-refractivity contribution in [3.63, 3.8) is 0 Å². The van der Waals surface area contributed by atoms with Crippen molar-refractivity contribution in [3.05, 3.63) is 0 Å². The number of carbonyl (C=O) groups excluding carboxylic acids is 1. The van der Waals surface area contributed by atoms with Crippen molar-refractivity contribution in [2.24, 2.45) is 17.6 Å². The molecule has 4 atom stereocenters. The standard InChI is InChI=1S/C14H29N3O/c1-5-11(3)16-14(18)12(4)17-7-6-10(2)13(8-15)9-17/h10-13H,5-9,15H2,1-4H3,(H,16,18). The summed E-state index contributed by atoms with van der Waals surface area (Å²) in [4.78, 5) is 14.4. The maximum absolute atomic E-state index is 12.1. The summed E-state index contributed by atoms with van der Waals surface area (Å²) in [6, 6.07) is 0.217. The number of amides is 1. The number of carbonyl (C=O) groups is 1. The summed E-state index contributed by atoms with van der Waals surface area (Å²) in [7, 11) is 0. The minimum atomic E-state index is -0.0412. The van der Waals surface area contributed by atoms with Gasteiger partial charge < -0.3 is 11.1 Å². The van der Waals surface area contributed by atoms with Crippen LogP contribution in [0.15, 0.2) is 0 Å². The van der Waals surface area contributed by atoms with Gasteiger partial charge in [-0.25, -0.2) is 0 Å². The van der Waals surface area contributed by atoms with E-state index in [1.165, 1.54) is 0 Å². The minimum Gasteiger partial charge on any atom is -0.352 e. The minimum absolute atomic E-state index is 0.0412. The Labute approximate surface area is 111 Å². The van der Waals surface area contributed by atoms with E-state index in [4.69, 9.17) is 5.73 Å². The van der Waals surface area contributed by atoms with Crippen molar-refractivity contribution < 1.29 is 4.79 Å². The second-order valence-electron chi connectivity index (χ2n) is 5.75. The molecule has 1 aliphatic heterocycles. The second-order valence-corrected chi connectivity index (χ2v) is 5.75. The number of hydrogen-bond acceptors (Lipinski definition) is 3. The van der Waals surface area contributed by atoms with Crippen molar-refractivity contribution >= 4 is 5.91 Å². The van der Waals surface area contributed by atoms with E-state index in [-0.39, 0.29) is 18.0 Å². The Bertz CT molecular complexity index is 270. The van der Waals surface area contributed by atoms with Crippen LogP contribution in [-0.4, -0.2) is 42.5 Å². The monoisotopic (exact) mass is 255 g/mol. The summed E-state index contributed by atoms with van der Waals surface area (Å²) >= 11 is 0. The van der Waals surface area contributed by atoms with E-state index in [9.17, 15) is 4.79 Å². The molecule has 4 unspecified atom stereocenters. The van der Waals surface area contributed by atoms with Crippen molar-refractivity contribution in [1.29, 1.82) is 0 Å². The zero-order chi connectivity index (χ0) is 13.7. The van der Waals surface area contributed by atoms with Gasteiger partial charge in [0, 0.05) is 12.6 Å². The van der Waals surface area contributed by atoms with E-state index in [0.29, 0.717) is 11.8 Å². The van der Waals surface area contributed by atoms with Gasteiger partial charge in [0.25, 0.3) is 0 Å². The molecule has 0 saturated carbocycles. The molecule has 3 N–H and O–H groups in total. The van der Waals surface area contributed by atoms with Crippen LogP contribution in [0.5, 0.6) is 0 Å². The lowest BCUT2D eigenvalue weighted by molar-refractivity contribution is -0.127. The fraction of sp³-hybridized carbons (Fsp3) is 0.929. The predicted molar refractivity (Wildman–Crippen MR) is 75.3 cm³/mol. The molecule has 0 aliphatic carbocycles. The van der Waals surface area contributed by atoms with Crippen LogP contribution in [0.3, 0.4) is 0 Å². The van der Waals surface area contributed by atoms with Gasteiger partial charge >= 0.3 is 0 Å². The lowest BCUT2D eigenvalue weighted by Gasteiger charge is -2.39. The van der Waals surface area contributed by atoms with Gasteiger partial charge in [0.05, 0.1) is 6.04 Å². The Balaban J connectivity index is 2.51. The van der Waals surface area contributed by atoms with Gasteiger partial charge in [-0.1, -0.05) is 13.8 Å². The van der Waals surface area contributed by atoms with Crippen LogP contribution in [0.1, 0.15) is 40.5 Å². The van der Waals surface area contributed by atoms with Crippen molar-refractivity contribution in [3.8, 4) is 0 Å². The first-order valence-corrected chi connectivity index (χ1v) is 7.24. The van der Waals surface area contributed by atoms with Gasteiger partial charge in [-0.3, -0.25) is 9.69 Å². The number of hydrogen-bond donors (Lipinski definition) is 2. The Morgan fingerprint density at radius 3 is 2.72 bits per heavy atom. The average molecular weight is 255 g/mol. The third-order valence-electron chi connectivity index (χ3n) is 4.38. The maximum Gasteiger partial charge on any atom is 0.237 e. The molecule has 0 radical (unpaired) electrons. The fourth-order valence-electron chi connectivity index (χ4n) is 2.47. The fourth-order valence-corrected chi connectivity index (χ4v) is 2.47. The van der Waals surface area contributed by atoms with Crippen LogP contribution >= 0.6 is 0 Å². The number of likely N-dealkylation sites (tertiary alicyclic amines) is 1. The van der Waals surface area contributed by atoms with Crippen LogP contribution in [0.2, 0.25) is 0 Å². The predicted octanol–water partition coefficient (Wildman–Crippen LogP) is 1.21. The highest BCUT2D eigenvalue weighted by molar-refractivity contribution is 5.81. The van der Waals surface area contributed by atoms with Crippen LogP contribution in [0, 0.1) is 11.8 Å². The molecule has 106 valence electrons.